The molecule has 4 aromatic rings. The molecular weight excluding hydrogens is 408 g/mol. The summed E-state index contributed by atoms with van der Waals surface area (Å²) >= 11 is 1.43. The van der Waals surface area contributed by atoms with Gasteiger partial charge in [0.2, 0.25) is 0 Å². The van der Waals surface area contributed by atoms with E-state index in [0.717, 1.165) is 52.2 Å². The number of benzene rings is 1. The molecule has 6 nitrogen and oxygen atoms in total. The molecule has 0 atom stereocenters. The van der Waals surface area contributed by atoms with Gasteiger partial charge in [0.15, 0.2) is 0 Å². The van der Waals surface area contributed by atoms with Gasteiger partial charge in [-0.15, -0.1) is 11.3 Å². The van der Waals surface area contributed by atoms with Crippen LogP contribution in [0.3, 0.4) is 0 Å². The molecule has 0 spiro atoms. The van der Waals surface area contributed by atoms with Gasteiger partial charge >= 0.3 is 0 Å². The van der Waals surface area contributed by atoms with Crippen LogP contribution in [-0.2, 0) is 17.9 Å². The predicted molar refractivity (Wildman–Crippen MR) is 128 cm³/mol. The number of aromatic nitrogens is 3. The van der Waals surface area contributed by atoms with Crippen LogP contribution in [0.25, 0.3) is 31.8 Å². The van der Waals surface area contributed by atoms with E-state index in [1.807, 2.05) is 47.9 Å². The number of fused-ring (bicyclic) bond motifs is 3. The minimum atomic E-state index is 0.0000269. The highest BCUT2D eigenvalue weighted by molar-refractivity contribution is 7.25. The van der Waals surface area contributed by atoms with E-state index in [1.165, 1.54) is 11.3 Å². The van der Waals surface area contributed by atoms with E-state index in [9.17, 15) is 4.79 Å². The summed E-state index contributed by atoms with van der Waals surface area (Å²) in [7, 11) is 1.68. The molecule has 0 aliphatic carbocycles. The molecule has 4 rings (SSSR count). The van der Waals surface area contributed by atoms with Gasteiger partial charge in [-0.2, -0.15) is 0 Å². The Balaban J connectivity index is 1.99. The van der Waals surface area contributed by atoms with Crippen molar-refractivity contribution < 1.29 is 4.74 Å². The minimum absolute atomic E-state index is 0.0000269. The molecule has 3 heterocycles. The topological polar surface area (TPSA) is 60.3 Å². The summed E-state index contributed by atoms with van der Waals surface area (Å²) in [5.41, 5.74) is 3.59. The molecule has 1 aromatic carbocycles. The van der Waals surface area contributed by atoms with Gasteiger partial charge in [-0.25, -0.2) is 9.97 Å². The quantitative estimate of drug-likeness (QED) is 0.408. The molecule has 7 heteroatoms. The van der Waals surface area contributed by atoms with Crippen molar-refractivity contribution in [2.45, 2.75) is 33.9 Å². The number of likely N-dealkylation sites (N-methyl/N-ethyl adjacent to an activating group) is 1. The molecule has 0 bridgehead atoms. The molecule has 0 N–H and O–H groups in total. The van der Waals surface area contributed by atoms with Gasteiger partial charge in [0.25, 0.3) is 5.56 Å². The molecular formula is C24H28N4O2S. The number of aryl methyl sites for hydroxylation is 1. The Labute approximate surface area is 186 Å². The zero-order chi connectivity index (χ0) is 22.0. The van der Waals surface area contributed by atoms with Crippen molar-refractivity contribution in [3.05, 3.63) is 58.0 Å². The van der Waals surface area contributed by atoms with Crippen LogP contribution < -0.4 is 5.56 Å². The Morgan fingerprint density at radius 1 is 1.13 bits per heavy atom. The van der Waals surface area contributed by atoms with E-state index >= 15 is 0 Å². The van der Waals surface area contributed by atoms with Crippen molar-refractivity contribution in [1.29, 1.82) is 0 Å². The third-order valence-electron chi connectivity index (χ3n) is 5.63. The summed E-state index contributed by atoms with van der Waals surface area (Å²) in [4.78, 5) is 26.6. The first-order valence-corrected chi connectivity index (χ1v) is 11.5. The lowest BCUT2D eigenvalue weighted by Crippen LogP contribution is -2.32. The molecule has 0 amide bonds. The van der Waals surface area contributed by atoms with Crippen molar-refractivity contribution in [2.24, 2.45) is 0 Å². The Morgan fingerprint density at radius 2 is 1.87 bits per heavy atom. The summed E-state index contributed by atoms with van der Waals surface area (Å²) < 4.78 is 7.91. The standard InChI is InChI=1S/C24H28N4O2S/c1-5-27(6-2)12-13-28-22(17-10-8-7-9-11-17)26-20-19-18(15-30-4)14-16(3)25-23(19)31-21(20)24(28)29/h7-11,14H,5-6,12-13,15H2,1-4H3. The Kier molecular flexibility index (Phi) is 6.46. The first-order chi connectivity index (χ1) is 15.1. The average Bonchev–Trinajstić information content (AvgIpc) is 3.15. The van der Waals surface area contributed by atoms with Crippen molar-refractivity contribution in [2.75, 3.05) is 26.7 Å². The second kappa shape index (κ2) is 9.26. The van der Waals surface area contributed by atoms with Crippen LogP contribution in [0.4, 0.5) is 0 Å². The van der Waals surface area contributed by atoms with Crippen LogP contribution in [0.15, 0.2) is 41.2 Å². The van der Waals surface area contributed by atoms with E-state index in [2.05, 4.69) is 18.7 Å². The summed E-state index contributed by atoms with van der Waals surface area (Å²) in [5, 5.41) is 0.928. The zero-order valence-corrected chi connectivity index (χ0v) is 19.3. The second-order valence-electron chi connectivity index (χ2n) is 7.60. The van der Waals surface area contributed by atoms with E-state index in [0.29, 0.717) is 23.7 Å². The van der Waals surface area contributed by atoms with Crippen LogP contribution >= 0.6 is 11.3 Å². The van der Waals surface area contributed by atoms with Gasteiger partial charge in [-0.1, -0.05) is 44.2 Å². The highest BCUT2D eigenvalue weighted by Crippen LogP contribution is 2.34. The Morgan fingerprint density at radius 3 is 2.55 bits per heavy atom. The van der Waals surface area contributed by atoms with Crippen molar-refractivity contribution in [1.82, 2.24) is 19.4 Å². The molecule has 162 valence electrons. The predicted octanol–water partition coefficient (Wildman–Crippen LogP) is 4.47. The van der Waals surface area contributed by atoms with Gasteiger partial charge in [0, 0.05) is 36.8 Å². The van der Waals surface area contributed by atoms with Crippen LogP contribution in [0.5, 0.6) is 0 Å². The summed E-state index contributed by atoms with van der Waals surface area (Å²) in [6, 6.07) is 12.0. The van der Waals surface area contributed by atoms with Gasteiger partial charge < -0.3 is 9.64 Å². The smallest absolute Gasteiger partial charge is 0.271 e. The minimum Gasteiger partial charge on any atom is -0.380 e. The van der Waals surface area contributed by atoms with Crippen LogP contribution in [0, 0.1) is 6.92 Å². The van der Waals surface area contributed by atoms with Crippen molar-refractivity contribution in [3.63, 3.8) is 0 Å². The van der Waals surface area contributed by atoms with Crippen molar-refractivity contribution in [3.8, 4) is 11.4 Å². The first-order valence-electron chi connectivity index (χ1n) is 10.7. The number of hydrogen-bond acceptors (Lipinski definition) is 6. The van der Waals surface area contributed by atoms with E-state index in [1.54, 1.807) is 7.11 Å². The number of methoxy groups -OCH3 is 1. The molecule has 0 unspecified atom stereocenters. The lowest BCUT2D eigenvalue weighted by molar-refractivity contribution is 0.186. The molecule has 0 aliphatic heterocycles. The zero-order valence-electron chi connectivity index (χ0n) is 18.5. The number of pyridine rings is 1. The summed E-state index contributed by atoms with van der Waals surface area (Å²) in [6.07, 6.45) is 0. The second-order valence-corrected chi connectivity index (χ2v) is 8.60. The number of hydrogen-bond donors (Lipinski definition) is 0. The molecule has 0 aliphatic rings. The summed E-state index contributed by atoms with van der Waals surface area (Å²) in [6.45, 7) is 10.0. The normalized spacial score (nSPS) is 11.8. The third-order valence-corrected chi connectivity index (χ3v) is 6.69. The van der Waals surface area contributed by atoms with Crippen LogP contribution in [0.2, 0.25) is 0 Å². The lowest BCUT2D eigenvalue weighted by Gasteiger charge is -2.20. The number of nitrogens with zero attached hydrogens (tertiary/aromatic N) is 4. The molecule has 0 fully saturated rings. The van der Waals surface area contributed by atoms with Crippen LogP contribution in [-0.4, -0.2) is 46.2 Å². The Hall–Kier alpha value is -2.61. The maximum Gasteiger partial charge on any atom is 0.271 e. The van der Waals surface area contributed by atoms with E-state index in [4.69, 9.17) is 14.7 Å². The largest absolute Gasteiger partial charge is 0.380 e. The fraction of sp³-hybridized carbons (Fsp3) is 0.375. The van der Waals surface area contributed by atoms with E-state index < -0.39 is 0 Å². The van der Waals surface area contributed by atoms with Crippen molar-refractivity contribution >= 4 is 31.8 Å². The fourth-order valence-corrected chi connectivity index (χ4v) is 5.15. The van der Waals surface area contributed by atoms with E-state index in [-0.39, 0.29) is 5.56 Å². The fourth-order valence-electron chi connectivity index (χ4n) is 4.00. The molecule has 0 saturated carbocycles. The summed E-state index contributed by atoms with van der Waals surface area (Å²) in [5.74, 6) is 0.703. The highest BCUT2D eigenvalue weighted by Gasteiger charge is 2.20. The lowest BCUT2D eigenvalue weighted by atomic mass is 10.1. The van der Waals surface area contributed by atoms with Crippen LogP contribution in [0.1, 0.15) is 25.1 Å². The molecule has 0 saturated heterocycles. The van der Waals surface area contributed by atoms with Gasteiger partial charge in [0.05, 0.1) is 12.1 Å². The first kappa shape index (κ1) is 21.6. The number of ether oxygens (including phenoxy) is 1. The molecule has 0 radical (unpaired) electrons. The van der Waals surface area contributed by atoms with Gasteiger partial charge in [-0.05, 0) is 31.6 Å². The number of rotatable bonds is 8. The third kappa shape index (κ3) is 4.13. The molecule has 31 heavy (non-hydrogen) atoms. The van der Waals surface area contributed by atoms with Gasteiger partial charge in [-0.3, -0.25) is 9.36 Å². The average molecular weight is 437 g/mol. The van der Waals surface area contributed by atoms with Gasteiger partial charge in [0.1, 0.15) is 15.4 Å². The maximum atomic E-state index is 13.7. The highest BCUT2D eigenvalue weighted by atomic mass is 32.1. The Bertz CT molecular complexity index is 1260. The SMILES string of the molecule is CCN(CC)CCn1c(-c2ccccc2)nc2c(sc3nc(C)cc(COC)c32)c1=O. The monoisotopic (exact) mass is 436 g/mol. The number of thiophene rings is 1. The molecule has 3 aromatic heterocycles. The maximum absolute atomic E-state index is 13.7.